The number of ether oxygens (including phenoxy) is 4. The Kier molecular flexibility index (Phi) is 3.83. The molecule has 136 valence electrons. The van der Waals surface area contributed by atoms with Gasteiger partial charge in [-0.25, -0.2) is 4.98 Å². The summed E-state index contributed by atoms with van der Waals surface area (Å²) in [5.74, 6) is 2.32. The van der Waals surface area contributed by atoms with Crippen LogP contribution in [0.3, 0.4) is 0 Å². The maximum atomic E-state index is 12.5. The highest BCUT2D eigenvalue weighted by Gasteiger charge is 2.28. The number of benzene rings is 2. The van der Waals surface area contributed by atoms with Crippen LogP contribution in [0.15, 0.2) is 47.8 Å². The lowest BCUT2D eigenvalue weighted by Crippen LogP contribution is -2.40. The first-order valence-corrected chi connectivity index (χ1v) is 9.19. The van der Waals surface area contributed by atoms with E-state index in [4.69, 9.17) is 18.9 Å². The number of hydrogen-bond acceptors (Lipinski definition) is 7. The third-order valence-electron chi connectivity index (χ3n) is 4.20. The molecule has 0 saturated heterocycles. The van der Waals surface area contributed by atoms with Gasteiger partial charge < -0.3 is 18.9 Å². The van der Waals surface area contributed by atoms with Crippen molar-refractivity contribution >= 4 is 22.4 Å². The van der Waals surface area contributed by atoms with Crippen molar-refractivity contribution in [3.05, 3.63) is 47.8 Å². The fourth-order valence-corrected chi connectivity index (χ4v) is 3.58. The van der Waals surface area contributed by atoms with Crippen LogP contribution >= 0.6 is 11.3 Å². The van der Waals surface area contributed by atoms with Gasteiger partial charge in [0.2, 0.25) is 12.9 Å². The molecule has 27 heavy (non-hydrogen) atoms. The smallest absolute Gasteiger partial charge is 0.270 e. The van der Waals surface area contributed by atoms with Gasteiger partial charge in [-0.1, -0.05) is 12.1 Å². The first kappa shape index (κ1) is 16.0. The summed E-state index contributed by atoms with van der Waals surface area (Å²) in [6, 6.07) is 12.9. The maximum absolute atomic E-state index is 12.5. The van der Waals surface area contributed by atoms with Gasteiger partial charge in [0.25, 0.3) is 5.91 Å². The Morgan fingerprint density at radius 3 is 2.78 bits per heavy atom. The topological polar surface area (TPSA) is 78.9 Å². The van der Waals surface area contributed by atoms with Crippen LogP contribution < -0.4 is 24.3 Å². The Balaban J connectivity index is 1.29. The van der Waals surface area contributed by atoms with Crippen molar-refractivity contribution < 1.29 is 23.7 Å². The molecule has 1 N–H and O–H groups in total. The Bertz CT molecular complexity index is 1020. The summed E-state index contributed by atoms with van der Waals surface area (Å²) in [5.41, 5.74) is 1.64. The molecular formula is C19H14N2O5S. The first-order valence-electron chi connectivity index (χ1n) is 8.31. The number of amides is 1. The fraction of sp³-hybridized carbons (Fsp3) is 0.158. The van der Waals surface area contributed by atoms with Gasteiger partial charge in [0.15, 0.2) is 28.1 Å². The highest BCUT2D eigenvalue weighted by molar-refractivity contribution is 7.14. The van der Waals surface area contributed by atoms with Crippen LogP contribution in [0.2, 0.25) is 0 Å². The van der Waals surface area contributed by atoms with E-state index in [0.29, 0.717) is 22.4 Å². The Morgan fingerprint density at radius 2 is 1.85 bits per heavy atom. The van der Waals surface area contributed by atoms with E-state index in [1.807, 2.05) is 41.8 Å². The summed E-state index contributed by atoms with van der Waals surface area (Å²) < 4.78 is 22.0. The van der Waals surface area contributed by atoms with Crippen LogP contribution in [0.5, 0.6) is 23.0 Å². The summed E-state index contributed by atoms with van der Waals surface area (Å²) in [4.78, 5) is 17.0. The molecule has 3 aromatic rings. The molecule has 2 aliphatic rings. The van der Waals surface area contributed by atoms with Gasteiger partial charge >= 0.3 is 0 Å². The van der Waals surface area contributed by atoms with Crippen LogP contribution in [0.4, 0.5) is 5.13 Å². The molecule has 0 bridgehead atoms. The van der Waals surface area contributed by atoms with Crippen molar-refractivity contribution in [3.8, 4) is 34.3 Å². The van der Waals surface area contributed by atoms with Crippen LogP contribution in [0.25, 0.3) is 11.3 Å². The summed E-state index contributed by atoms with van der Waals surface area (Å²) in [7, 11) is 0. The molecule has 3 heterocycles. The third-order valence-corrected chi connectivity index (χ3v) is 4.96. The largest absolute Gasteiger partial charge is 0.485 e. The van der Waals surface area contributed by atoms with E-state index >= 15 is 0 Å². The molecule has 0 saturated carbocycles. The number of carbonyl (C=O) groups is 1. The molecule has 8 heteroatoms. The van der Waals surface area contributed by atoms with Crippen LogP contribution in [-0.4, -0.2) is 30.4 Å². The highest BCUT2D eigenvalue weighted by Crippen LogP contribution is 2.36. The molecule has 2 aliphatic heterocycles. The number of hydrogen-bond donors (Lipinski definition) is 1. The summed E-state index contributed by atoms with van der Waals surface area (Å²) >= 11 is 1.34. The number of nitrogens with one attached hydrogen (secondary N) is 1. The van der Waals surface area contributed by atoms with Crippen LogP contribution in [0.1, 0.15) is 0 Å². The maximum Gasteiger partial charge on any atom is 0.270 e. The van der Waals surface area contributed by atoms with Crippen molar-refractivity contribution in [2.75, 3.05) is 18.7 Å². The number of para-hydroxylation sites is 2. The zero-order chi connectivity index (χ0) is 18.2. The second-order valence-electron chi connectivity index (χ2n) is 5.96. The summed E-state index contributed by atoms with van der Waals surface area (Å²) in [5, 5.41) is 5.16. The molecule has 0 aliphatic carbocycles. The van der Waals surface area contributed by atoms with E-state index < -0.39 is 6.10 Å². The second-order valence-corrected chi connectivity index (χ2v) is 6.82. The normalized spacial score (nSPS) is 16.8. The minimum atomic E-state index is -0.724. The number of carbonyl (C=O) groups excluding carboxylic acids is 1. The van der Waals surface area contributed by atoms with E-state index in [9.17, 15) is 4.79 Å². The molecule has 0 unspecified atom stereocenters. The standard InChI is InChI=1S/C19H14N2O5S/c22-18(17-8-23-13-3-1-2-4-15(13)26-17)21-19-20-12(9-27-19)11-5-6-14-16(7-11)25-10-24-14/h1-7,9,17H,8,10H2,(H,20,21,22)/t17-/m1/s1. The Hall–Kier alpha value is -3.26. The fourth-order valence-electron chi connectivity index (χ4n) is 2.85. The van der Waals surface area contributed by atoms with Crippen molar-refractivity contribution in [1.29, 1.82) is 0 Å². The first-order chi connectivity index (χ1) is 13.3. The van der Waals surface area contributed by atoms with Gasteiger partial charge in [-0.15, -0.1) is 11.3 Å². The molecule has 7 nitrogen and oxygen atoms in total. The molecule has 1 aromatic heterocycles. The number of nitrogens with zero attached hydrogens (tertiary/aromatic N) is 1. The predicted octanol–water partition coefficient (Wildman–Crippen LogP) is 3.32. The van der Waals surface area contributed by atoms with Gasteiger partial charge in [0, 0.05) is 10.9 Å². The number of rotatable bonds is 3. The SMILES string of the molecule is O=C(Nc1nc(-c2ccc3c(c2)OCO3)cs1)[C@H]1COc2ccccc2O1. The van der Waals surface area contributed by atoms with Crippen molar-refractivity contribution in [2.24, 2.45) is 0 Å². The summed E-state index contributed by atoms with van der Waals surface area (Å²) in [6.45, 7) is 0.382. The van der Waals surface area contributed by atoms with E-state index in [0.717, 1.165) is 17.0 Å². The van der Waals surface area contributed by atoms with Crippen molar-refractivity contribution in [2.45, 2.75) is 6.10 Å². The number of anilines is 1. The quantitative estimate of drug-likeness (QED) is 0.749. The lowest BCUT2D eigenvalue weighted by molar-refractivity contribution is -0.125. The van der Waals surface area contributed by atoms with Crippen LogP contribution in [-0.2, 0) is 4.79 Å². The van der Waals surface area contributed by atoms with Crippen molar-refractivity contribution in [3.63, 3.8) is 0 Å². The Morgan fingerprint density at radius 1 is 1.04 bits per heavy atom. The van der Waals surface area contributed by atoms with Crippen molar-refractivity contribution in [1.82, 2.24) is 4.98 Å². The molecule has 2 aromatic carbocycles. The molecule has 0 fully saturated rings. The van der Waals surface area contributed by atoms with Gasteiger partial charge in [0.05, 0.1) is 5.69 Å². The van der Waals surface area contributed by atoms with E-state index in [2.05, 4.69) is 10.3 Å². The number of aromatic nitrogens is 1. The average molecular weight is 382 g/mol. The lowest BCUT2D eigenvalue weighted by atomic mass is 10.1. The van der Waals surface area contributed by atoms with Gasteiger partial charge in [0.1, 0.15) is 6.61 Å². The predicted molar refractivity (Wildman–Crippen MR) is 98.7 cm³/mol. The van der Waals surface area contributed by atoms with Gasteiger partial charge in [-0.3, -0.25) is 10.1 Å². The molecule has 1 atom stereocenters. The zero-order valence-electron chi connectivity index (χ0n) is 14.0. The third kappa shape index (κ3) is 3.04. The Labute approximate surface area is 158 Å². The molecular weight excluding hydrogens is 368 g/mol. The minimum Gasteiger partial charge on any atom is -0.485 e. The van der Waals surface area contributed by atoms with E-state index in [-0.39, 0.29) is 19.3 Å². The van der Waals surface area contributed by atoms with Gasteiger partial charge in [-0.05, 0) is 30.3 Å². The van der Waals surface area contributed by atoms with E-state index in [1.165, 1.54) is 11.3 Å². The number of fused-ring (bicyclic) bond motifs is 2. The van der Waals surface area contributed by atoms with Gasteiger partial charge in [-0.2, -0.15) is 0 Å². The summed E-state index contributed by atoms with van der Waals surface area (Å²) in [6.07, 6.45) is -0.724. The van der Waals surface area contributed by atoms with E-state index in [1.54, 1.807) is 6.07 Å². The lowest BCUT2D eigenvalue weighted by Gasteiger charge is -2.25. The molecule has 0 spiro atoms. The molecule has 1 amide bonds. The van der Waals surface area contributed by atoms with Crippen LogP contribution in [0, 0.1) is 0 Å². The molecule has 5 rings (SSSR count). The monoisotopic (exact) mass is 382 g/mol. The highest BCUT2D eigenvalue weighted by atomic mass is 32.1. The zero-order valence-corrected chi connectivity index (χ0v) is 14.8. The molecule has 0 radical (unpaired) electrons. The minimum absolute atomic E-state index is 0.156. The average Bonchev–Trinajstić information content (AvgIpc) is 3.36. The number of thiazole rings is 1. The second kappa shape index (κ2) is 6.48.